The van der Waals surface area contributed by atoms with Gasteiger partial charge in [0.05, 0.1) is 0 Å². The first-order valence-electron chi connectivity index (χ1n) is 5.77. The number of rotatable bonds is 5. The summed E-state index contributed by atoms with van der Waals surface area (Å²) in [5, 5.41) is 3.58. The average Bonchev–Trinajstić information content (AvgIpc) is 2.19. The standard InChI is InChI=1S/C12H24N2/c1-4-5-8-13-11(2)12-6-9-14(3)10-7-12/h4,11-13H,1,5-10H2,2-3H3. The van der Waals surface area contributed by atoms with Crippen molar-refractivity contribution >= 4 is 0 Å². The highest BCUT2D eigenvalue weighted by Crippen LogP contribution is 2.19. The van der Waals surface area contributed by atoms with Gasteiger partial charge in [0.2, 0.25) is 0 Å². The Morgan fingerprint density at radius 3 is 2.71 bits per heavy atom. The quantitative estimate of drug-likeness (QED) is 0.533. The summed E-state index contributed by atoms with van der Waals surface area (Å²) >= 11 is 0. The number of piperidine rings is 1. The van der Waals surface area contributed by atoms with Crippen molar-refractivity contribution < 1.29 is 0 Å². The van der Waals surface area contributed by atoms with Crippen LogP contribution in [0.5, 0.6) is 0 Å². The molecule has 14 heavy (non-hydrogen) atoms. The van der Waals surface area contributed by atoms with Crippen LogP contribution in [0.3, 0.4) is 0 Å². The Kier molecular flexibility index (Phi) is 5.20. The second kappa shape index (κ2) is 6.20. The zero-order valence-electron chi connectivity index (χ0n) is 9.63. The van der Waals surface area contributed by atoms with E-state index >= 15 is 0 Å². The number of hydrogen-bond donors (Lipinski definition) is 1. The minimum Gasteiger partial charge on any atom is -0.314 e. The molecule has 0 bridgehead atoms. The predicted octanol–water partition coefficient (Wildman–Crippen LogP) is 1.88. The molecular formula is C12H24N2. The van der Waals surface area contributed by atoms with Crippen LogP contribution in [-0.4, -0.2) is 37.6 Å². The molecule has 1 aliphatic heterocycles. The Morgan fingerprint density at radius 2 is 2.14 bits per heavy atom. The lowest BCUT2D eigenvalue weighted by atomic mass is 9.90. The van der Waals surface area contributed by atoms with Gasteiger partial charge in [-0.3, -0.25) is 0 Å². The first kappa shape index (κ1) is 11.7. The van der Waals surface area contributed by atoms with Crippen molar-refractivity contribution in [2.24, 2.45) is 5.92 Å². The van der Waals surface area contributed by atoms with Crippen molar-refractivity contribution in [1.29, 1.82) is 0 Å². The molecule has 1 fully saturated rings. The molecule has 2 heteroatoms. The van der Waals surface area contributed by atoms with Crippen LogP contribution in [0.25, 0.3) is 0 Å². The number of hydrogen-bond acceptors (Lipinski definition) is 2. The van der Waals surface area contributed by atoms with Gasteiger partial charge in [-0.15, -0.1) is 6.58 Å². The lowest BCUT2D eigenvalue weighted by Crippen LogP contribution is -2.40. The largest absolute Gasteiger partial charge is 0.314 e. The van der Waals surface area contributed by atoms with Crippen molar-refractivity contribution in [2.75, 3.05) is 26.7 Å². The van der Waals surface area contributed by atoms with Gasteiger partial charge in [0, 0.05) is 6.04 Å². The minimum atomic E-state index is 0.670. The molecule has 1 aliphatic rings. The van der Waals surface area contributed by atoms with Gasteiger partial charge in [-0.2, -0.15) is 0 Å². The van der Waals surface area contributed by atoms with E-state index in [1.807, 2.05) is 6.08 Å². The minimum absolute atomic E-state index is 0.670. The van der Waals surface area contributed by atoms with Crippen molar-refractivity contribution in [1.82, 2.24) is 10.2 Å². The first-order valence-corrected chi connectivity index (χ1v) is 5.77. The highest BCUT2D eigenvalue weighted by atomic mass is 15.1. The molecule has 0 aromatic rings. The van der Waals surface area contributed by atoms with Gasteiger partial charge in [-0.05, 0) is 58.8 Å². The Labute approximate surface area is 88.4 Å². The molecule has 0 aliphatic carbocycles. The van der Waals surface area contributed by atoms with Crippen LogP contribution in [0, 0.1) is 5.92 Å². The van der Waals surface area contributed by atoms with E-state index in [0.717, 1.165) is 18.9 Å². The van der Waals surface area contributed by atoms with Crippen LogP contribution in [0.1, 0.15) is 26.2 Å². The Balaban J connectivity index is 2.16. The summed E-state index contributed by atoms with van der Waals surface area (Å²) in [6.07, 6.45) is 5.75. The molecule has 1 N–H and O–H groups in total. The number of likely N-dealkylation sites (tertiary alicyclic amines) is 1. The third-order valence-corrected chi connectivity index (χ3v) is 3.29. The summed E-state index contributed by atoms with van der Waals surface area (Å²) in [6, 6.07) is 0.670. The average molecular weight is 196 g/mol. The van der Waals surface area contributed by atoms with Crippen molar-refractivity contribution in [2.45, 2.75) is 32.2 Å². The lowest BCUT2D eigenvalue weighted by molar-refractivity contribution is 0.190. The molecule has 0 aromatic carbocycles. The Morgan fingerprint density at radius 1 is 1.50 bits per heavy atom. The normalized spacial score (nSPS) is 22.1. The second-order valence-corrected chi connectivity index (χ2v) is 4.46. The molecule has 1 unspecified atom stereocenters. The fourth-order valence-electron chi connectivity index (χ4n) is 2.11. The van der Waals surface area contributed by atoms with E-state index in [2.05, 4.69) is 30.8 Å². The van der Waals surface area contributed by atoms with Gasteiger partial charge in [-0.1, -0.05) is 6.08 Å². The summed E-state index contributed by atoms with van der Waals surface area (Å²) in [6.45, 7) is 9.66. The highest BCUT2D eigenvalue weighted by Gasteiger charge is 2.21. The van der Waals surface area contributed by atoms with E-state index in [4.69, 9.17) is 0 Å². The van der Waals surface area contributed by atoms with Gasteiger partial charge in [0.25, 0.3) is 0 Å². The third-order valence-electron chi connectivity index (χ3n) is 3.29. The molecule has 2 nitrogen and oxygen atoms in total. The molecule has 0 amide bonds. The lowest BCUT2D eigenvalue weighted by Gasteiger charge is -2.33. The predicted molar refractivity (Wildman–Crippen MR) is 62.5 cm³/mol. The van der Waals surface area contributed by atoms with Crippen molar-refractivity contribution in [3.05, 3.63) is 12.7 Å². The van der Waals surface area contributed by atoms with E-state index in [9.17, 15) is 0 Å². The van der Waals surface area contributed by atoms with Gasteiger partial charge >= 0.3 is 0 Å². The second-order valence-electron chi connectivity index (χ2n) is 4.46. The van der Waals surface area contributed by atoms with Gasteiger partial charge in [0.1, 0.15) is 0 Å². The molecular weight excluding hydrogens is 172 g/mol. The molecule has 1 saturated heterocycles. The fraction of sp³-hybridized carbons (Fsp3) is 0.833. The maximum atomic E-state index is 3.73. The number of nitrogens with zero attached hydrogens (tertiary/aromatic N) is 1. The van der Waals surface area contributed by atoms with E-state index in [-0.39, 0.29) is 0 Å². The molecule has 0 saturated carbocycles. The molecule has 0 aromatic heterocycles. The van der Waals surface area contributed by atoms with Crippen LogP contribution < -0.4 is 5.32 Å². The van der Waals surface area contributed by atoms with E-state index < -0.39 is 0 Å². The molecule has 1 rings (SSSR count). The summed E-state index contributed by atoms with van der Waals surface area (Å²) in [5.41, 5.74) is 0. The first-order chi connectivity index (χ1) is 6.74. The van der Waals surface area contributed by atoms with Gasteiger partial charge in [-0.25, -0.2) is 0 Å². The summed E-state index contributed by atoms with van der Waals surface area (Å²) in [4.78, 5) is 2.42. The molecule has 0 spiro atoms. The van der Waals surface area contributed by atoms with Crippen LogP contribution in [0.4, 0.5) is 0 Å². The van der Waals surface area contributed by atoms with Crippen molar-refractivity contribution in [3.63, 3.8) is 0 Å². The Hall–Kier alpha value is -0.340. The topological polar surface area (TPSA) is 15.3 Å². The maximum Gasteiger partial charge on any atom is 0.00680 e. The maximum absolute atomic E-state index is 3.73. The monoisotopic (exact) mass is 196 g/mol. The highest BCUT2D eigenvalue weighted by molar-refractivity contribution is 4.79. The fourth-order valence-corrected chi connectivity index (χ4v) is 2.11. The molecule has 1 heterocycles. The third kappa shape index (κ3) is 3.81. The zero-order chi connectivity index (χ0) is 10.4. The summed E-state index contributed by atoms with van der Waals surface area (Å²) < 4.78 is 0. The van der Waals surface area contributed by atoms with Gasteiger partial charge < -0.3 is 10.2 Å². The van der Waals surface area contributed by atoms with Crippen LogP contribution in [-0.2, 0) is 0 Å². The SMILES string of the molecule is C=CCCNC(C)C1CCN(C)CC1. The zero-order valence-corrected chi connectivity index (χ0v) is 9.63. The van der Waals surface area contributed by atoms with Crippen molar-refractivity contribution in [3.8, 4) is 0 Å². The smallest absolute Gasteiger partial charge is 0.00680 e. The van der Waals surface area contributed by atoms with Crippen LogP contribution >= 0.6 is 0 Å². The molecule has 1 atom stereocenters. The summed E-state index contributed by atoms with van der Waals surface area (Å²) in [7, 11) is 2.21. The van der Waals surface area contributed by atoms with E-state index in [1.165, 1.54) is 25.9 Å². The molecule has 82 valence electrons. The van der Waals surface area contributed by atoms with Gasteiger partial charge in [0.15, 0.2) is 0 Å². The number of nitrogens with one attached hydrogen (secondary N) is 1. The van der Waals surface area contributed by atoms with Crippen LogP contribution in [0.15, 0.2) is 12.7 Å². The van der Waals surface area contributed by atoms with E-state index in [1.54, 1.807) is 0 Å². The molecule has 0 radical (unpaired) electrons. The van der Waals surface area contributed by atoms with Crippen LogP contribution in [0.2, 0.25) is 0 Å². The Bertz CT molecular complexity index is 160. The van der Waals surface area contributed by atoms with E-state index in [0.29, 0.717) is 6.04 Å². The summed E-state index contributed by atoms with van der Waals surface area (Å²) in [5.74, 6) is 0.871.